The van der Waals surface area contributed by atoms with E-state index in [-0.39, 0.29) is 0 Å². The van der Waals surface area contributed by atoms with Gasteiger partial charge in [-0.25, -0.2) is 0 Å². The second-order valence-corrected chi connectivity index (χ2v) is 6.95. The number of rotatable bonds is 9. The molecule has 3 aromatic rings. The number of likely N-dealkylation sites (N-methyl/N-ethyl adjacent to an activating group) is 2. The minimum atomic E-state index is 1.03. The van der Waals surface area contributed by atoms with Crippen molar-refractivity contribution in [2.45, 2.75) is 20.8 Å². The molecule has 146 valence electrons. The molecule has 0 unspecified atom stereocenters. The topological polar surface area (TPSA) is 19.4 Å². The van der Waals surface area contributed by atoms with E-state index in [1.807, 2.05) is 12.3 Å². The van der Waals surface area contributed by atoms with Gasteiger partial charge in [0.25, 0.3) is 0 Å². The molecule has 1 heterocycles. The Morgan fingerprint density at radius 1 is 0.786 bits per heavy atom. The molecule has 0 aliphatic heterocycles. The number of pyridine rings is 1. The molecule has 0 radical (unpaired) electrons. The van der Waals surface area contributed by atoms with Gasteiger partial charge in [0.05, 0.1) is 5.52 Å². The first kappa shape index (κ1) is 20.1. The second-order valence-electron chi connectivity index (χ2n) is 6.95. The number of anilines is 1. The lowest BCUT2D eigenvalue weighted by Gasteiger charge is -2.27. The molecule has 0 aliphatic carbocycles. The van der Waals surface area contributed by atoms with E-state index in [1.54, 1.807) is 0 Å². The van der Waals surface area contributed by atoms with Gasteiger partial charge in [0.2, 0.25) is 0 Å². The van der Waals surface area contributed by atoms with Crippen molar-refractivity contribution in [3.8, 4) is 0 Å². The predicted octanol–water partition coefficient (Wildman–Crippen LogP) is 5.57. The van der Waals surface area contributed by atoms with Crippen LogP contribution in [0.5, 0.6) is 0 Å². The van der Waals surface area contributed by atoms with Gasteiger partial charge in [-0.1, -0.05) is 56.3 Å². The largest absolute Gasteiger partial charge is 0.371 e. The molecule has 0 spiro atoms. The van der Waals surface area contributed by atoms with E-state index in [2.05, 4.69) is 96.2 Å². The summed E-state index contributed by atoms with van der Waals surface area (Å²) < 4.78 is 0. The second kappa shape index (κ2) is 10.0. The van der Waals surface area contributed by atoms with Gasteiger partial charge in [0.15, 0.2) is 0 Å². The number of nitrogens with zero attached hydrogens (tertiary/aromatic N) is 3. The Morgan fingerprint density at radius 3 is 2.25 bits per heavy atom. The zero-order valence-corrected chi connectivity index (χ0v) is 17.3. The molecule has 0 bridgehead atoms. The van der Waals surface area contributed by atoms with Crippen LogP contribution in [0.1, 0.15) is 31.9 Å². The maximum atomic E-state index is 4.44. The first-order valence-corrected chi connectivity index (χ1v) is 10.3. The average molecular weight is 374 g/mol. The molecule has 3 heteroatoms. The lowest BCUT2D eigenvalue weighted by molar-refractivity contribution is 0.310. The fourth-order valence-corrected chi connectivity index (χ4v) is 3.52. The molecule has 3 rings (SSSR count). The SMILES string of the molecule is CCN(CC)CCN(CC)c1ccc(/C=C\c2ccnc3ccccc23)cc1. The average Bonchev–Trinajstić information content (AvgIpc) is 2.76. The number of hydrogen-bond donors (Lipinski definition) is 0. The zero-order valence-electron chi connectivity index (χ0n) is 17.3. The molecule has 0 saturated carbocycles. The third-order valence-electron chi connectivity index (χ3n) is 5.36. The molecule has 0 saturated heterocycles. The van der Waals surface area contributed by atoms with E-state index in [0.717, 1.165) is 38.2 Å². The highest BCUT2D eigenvalue weighted by Gasteiger charge is 2.06. The van der Waals surface area contributed by atoms with Crippen molar-refractivity contribution < 1.29 is 0 Å². The quantitative estimate of drug-likeness (QED) is 0.488. The van der Waals surface area contributed by atoms with Crippen molar-refractivity contribution in [2.75, 3.05) is 37.6 Å². The lowest BCUT2D eigenvalue weighted by atomic mass is 10.1. The monoisotopic (exact) mass is 373 g/mol. The van der Waals surface area contributed by atoms with E-state index in [9.17, 15) is 0 Å². The molecule has 0 atom stereocenters. The van der Waals surface area contributed by atoms with E-state index in [4.69, 9.17) is 0 Å². The van der Waals surface area contributed by atoms with Crippen LogP contribution in [-0.2, 0) is 0 Å². The van der Waals surface area contributed by atoms with Gasteiger partial charge in [-0.2, -0.15) is 0 Å². The van der Waals surface area contributed by atoms with Crippen molar-refractivity contribution in [3.63, 3.8) is 0 Å². The van der Waals surface area contributed by atoms with Gasteiger partial charge in [-0.3, -0.25) is 4.98 Å². The number of hydrogen-bond acceptors (Lipinski definition) is 3. The summed E-state index contributed by atoms with van der Waals surface area (Å²) in [5.41, 5.74) is 4.74. The third-order valence-corrected chi connectivity index (χ3v) is 5.36. The van der Waals surface area contributed by atoms with Gasteiger partial charge in [-0.15, -0.1) is 0 Å². The van der Waals surface area contributed by atoms with Crippen molar-refractivity contribution in [1.82, 2.24) is 9.88 Å². The first-order chi connectivity index (χ1) is 13.7. The van der Waals surface area contributed by atoms with Crippen LogP contribution < -0.4 is 4.90 Å². The summed E-state index contributed by atoms with van der Waals surface area (Å²) in [6, 6.07) is 19.2. The predicted molar refractivity (Wildman–Crippen MR) is 123 cm³/mol. The fourth-order valence-electron chi connectivity index (χ4n) is 3.52. The summed E-state index contributed by atoms with van der Waals surface area (Å²) in [6.45, 7) is 12.1. The van der Waals surface area contributed by atoms with Crippen LogP contribution in [0, 0.1) is 0 Å². The number of fused-ring (bicyclic) bond motifs is 1. The Morgan fingerprint density at radius 2 is 1.54 bits per heavy atom. The Balaban J connectivity index is 1.70. The Kier molecular flexibility index (Phi) is 7.21. The lowest BCUT2D eigenvalue weighted by Crippen LogP contribution is -2.35. The Bertz CT molecular complexity index is 890. The van der Waals surface area contributed by atoms with Gasteiger partial charge in [0.1, 0.15) is 0 Å². The van der Waals surface area contributed by atoms with Gasteiger partial charge in [-0.05, 0) is 55.4 Å². The summed E-state index contributed by atoms with van der Waals surface area (Å²) >= 11 is 0. The van der Waals surface area contributed by atoms with Gasteiger partial charge in [0, 0.05) is 36.9 Å². The van der Waals surface area contributed by atoms with E-state index >= 15 is 0 Å². The van der Waals surface area contributed by atoms with Crippen LogP contribution >= 0.6 is 0 Å². The smallest absolute Gasteiger partial charge is 0.0707 e. The van der Waals surface area contributed by atoms with Crippen LogP contribution in [0.4, 0.5) is 5.69 Å². The molecule has 2 aromatic carbocycles. The van der Waals surface area contributed by atoms with Crippen LogP contribution in [0.25, 0.3) is 23.1 Å². The highest BCUT2D eigenvalue weighted by molar-refractivity contribution is 5.90. The molecule has 0 aliphatic rings. The summed E-state index contributed by atoms with van der Waals surface area (Å²) in [5.74, 6) is 0. The van der Waals surface area contributed by atoms with Gasteiger partial charge < -0.3 is 9.80 Å². The summed E-state index contributed by atoms with van der Waals surface area (Å²) in [6.07, 6.45) is 6.23. The Hall–Kier alpha value is -2.65. The van der Waals surface area contributed by atoms with Crippen molar-refractivity contribution in [1.29, 1.82) is 0 Å². The van der Waals surface area contributed by atoms with E-state index in [0.29, 0.717) is 0 Å². The van der Waals surface area contributed by atoms with Crippen molar-refractivity contribution in [3.05, 3.63) is 71.9 Å². The minimum absolute atomic E-state index is 1.03. The summed E-state index contributed by atoms with van der Waals surface area (Å²) in [5, 5.41) is 1.19. The molecular formula is C25H31N3. The van der Waals surface area contributed by atoms with Crippen LogP contribution in [-0.4, -0.2) is 42.6 Å². The van der Waals surface area contributed by atoms with Crippen molar-refractivity contribution in [2.24, 2.45) is 0 Å². The molecule has 28 heavy (non-hydrogen) atoms. The molecule has 3 nitrogen and oxygen atoms in total. The van der Waals surface area contributed by atoms with Gasteiger partial charge >= 0.3 is 0 Å². The van der Waals surface area contributed by atoms with E-state index < -0.39 is 0 Å². The van der Waals surface area contributed by atoms with Crippen LogP contribution in [0.2, 0.25) is 0 Å². The first-order valence-electron chi connectivity index (χ1n) is 10.3. The highest BCUT2D eigenvalue weighted by Crippen LogP contribution is 2.20. The number of benzene rings is 2. The zero-order chi connectivity index (χ0) is 19.8. The minimum Gasteiger partial charge on any atom is -0.371 e. The van der Waals surface area contributed by atoms with Crippen LogP contribution in [0.15, 0.2) is 60.8 Å². The maximum absolute atomic E-state index is 4.44. The molecule has 0 fully saturated rings. The maximum Gasteiger partial charge on any atom is 0.0707 e. The number of para-hydroxylation sites is 1. The Labute approximate surface area is 169 Å². The summed E-state index contributed by atoms with van der Waals surface area (Å²) in [7, 11) is 0. The number of aromatic nitrogens is 1. The molecular weight excluding hydrogens is 342 g/mol. The summed E-state index contributed by atoms with van der Waals surface area (Å²) in [4.78, 5) is 9.35. The third kappa shape index (κ3) is 4.99. The fraction of sp³-hybridized carbons (Fsp3) is 0.320. The standard InChI is InChI=1S/C25H31N3/c1-4-27(5-2)19-20-28(6-3)23-15-12-21(13-16-23)11-14-22-17-18-26-25-10-8-7-9-24(22)25/h7-18H,4-6,19-20H2,1-3H3/b14-11-. The molecule has 0 N–H and O–H groups in total. The van der Waals surface area contributed by atoms with Crippen molar-refractivity contribution >= 4 is 28.7 Å². The van der Waals surface area contributed by atoms with Crippen LogP contribution in [0.3, 0.4) is 0 Å². The normalized spacial score (nSPS) is 11.6. The highest BCUT2D eigenvalue weighted by atomic mass is 15.2. The molecule has 1 aromatic heterocycles. The van der Waals surface area contributed by atoms with E-state index in [1.165, 1.54) is 22.2 Å². The molecule has 0 amide bonds.